The largest absolute Gasteiger partial charge is 0.585 e. The molecule has 6 nitrogen and oxygen atoms in total. The second kappa shape index (κ2) is 3.96. The van der Waals surface area contributed by atoms with Crippen LogP contribution < -0.4 is 4.48 Å². The Morgan fingerprint density at radius 3 is 2.20 bits per heavy atom. The van der Waals surface area contributed by atoms with Crippen LogP contribution in [0, 0.1) is 0 Å². The first-order chi connectivity index (χ1) is 9.27. The standard InChI is InChI=1S/C13H21BN4O2/c1-12(2)13(3,4)20-14(19-12,18-8-6-7-15-18)17-10-9-16(5)11-17/h6-11H,1-5H3. The summed E-state index contributed by atoms with van der Waals surface area (Å²) in [7, 11) is 1.97. The van der Waals surface area contributed by atoms with Crippen molar-refractivity contribution in [3.63, 3.8) is 0 Å². The summed E-state index contributed by atoms with van der Waals surface area (Å²) in [6.07, 6.45) is 9.45. The van der Waals surface area contributed by atoms with Crippen molar-refractivity contribution < 1.29 is 13.8 Å². The molecule has 3 rings (SSSR count). The summed E-state index contributed by atoms with van der Waals surface area (Å²) in [4.78, 5) is 0. The lowest BCUT2D eigenvalue weighted by Gasteiger charge is -2.35. The minimum Gasteiger partial charge on any atom is -0.500 e. The smallest absolute Gasteiger partial charge is 0.500 e. The van der Waals surface area contributed by atoms with Gasteiger partial charge in [0, 0.05) is 17.4 Å². The van der Waals surface area contributed by atoms with Crippen molar-refractivity contribution in [2.45, 2.75) is 38.9 Å². The van der Waals surface area contributed by atoms with Gasteiger partial charge in [-0.2, -0.15) is 0 Å². The Labute approximate surface area is 118 Å². The van der Waals surface area contributed by atoms with Crippen LogP contribution in [0.5, 0.6) is 0 Å². The molecule has 108 valence electrons. The van der Waals surface area contributed by atoms with Crippen molar-refractivity contribution in [1.29, 1.82) is 0 Å². The molecule has 0 aliphatic carbocycles. The average molecular weight is 276 g/mol. The van der Waals surface area contributed by atoms with E-state index in [4.69, 9.17) is 9.31 Å². The SMILES string of the molecule is Cn1cc[n+]([B-]2(n3cccn3)OC(C)(C)C(C)(C)O2)c1. The Bertz CT molecular complexity index is 602. The molecule has 0 saturated carbocycles. The molecule has 0 radical (unpaired) electrons. The molecule has 0 spiro atoms. The first kappa shape index (κ1) is 13.4. The number of aromatic nitrogens is 4. The monoisotopic (exact) mass is 276 g/mol. The van der Waals surface area contributed by atoms with E-state index >= 15 is 0 Å². The van der Waals surface area contributed by atoms with E-state index in [2.05, 4.69) is 5.10 Å². The van der Waals surface area contributed by atoms with Gasteiger partial charge in [0.25, 0.3) is 0 Å². The molecule has 0 aromatic carbocycles. The zero-order valence-electron chi connectivity index (χ0n) is 12.6. The molecule has 0 bridgehead atoms. The van der Waals surface area contributed by atoms with Gasteiger partial charge in [0.2, 0.25) is 6.33 Å². The third kappa shape index (κ3) is 1.73. The molecule has 2 aromatic rings. The van der Waals surface area contributed by atoms with Crippen LogP contribution in [0.3, 0.4) is 0 Å². The molecule has 1 aliphatic rings. The first-order valence-corrected chi connectivity index (χ1v) is 6.84. The number of imidazole rings is 1. The highest BCUT2D eigenvalue weighted by Gasteiger charge is 2.59. The van der Waals surface area contributed by atoms with Crippen molar-refractivity contribution >= 4 is 6.82 Å². The van der Waals surface area contributed by atoms with E-state index in [0.717, 1.165) is 0 Å². The highest BCUT2D eigenvalue weighted by Crippen LogP contribution is 2.40. The lowest BCUT2D eigenvalue weighted by atomic mass is 9.89. The van der Waals surface area contributed by atoms with E-state index in [0.29, 0.717) is 0 Å². The van der Waals surface area contributed by atoms with Gasteiger partial charge >= 0.3 is 6.82 Å². The number of aryl methyl sites for hydroxylation is 1. The molecular formula is C13H21BN4O2. The fourth-order valence-corrected chi connectivity index (χ4v) is 2.58. The Morgan fingerprint density at radius 2 is 1.75 bits per heavy atom. The Morgan fingerprint density at radius 1 is 1.10 bits per heavy atom. The molecule has 1 saturated heterocycles. The van der Waals surface area contributed by atoms with Gasteiger partial charge in [-0.3, -0.25) is 0 Å². The Kier molecular flexibility index (Phi) is 2.65. The van der Waals surface area contributed by atoms with E-state index in [-0.39, 0.29) is 0 Å². The Hall–Kier alpha value is -1.60. The van der Waals surface area contributed by atoms with Gasteiger partial charge in [-0.05, 0) is 40.0 Å². The average Bonchev–Trinajstić information content (AvgIpc) is 2.99. The van der Waals surface area contributed by atoms with Crippen LogP contribution in [0.1, 0.15) is 27.7 Å². The van der Waals surface area contributed by atoms with E-state index in [1.54, 1.807) is 10.8 Å². The molecule has 20 heavy (non-hydrogen) atoms. The van der Waals surface area contributed by atoms with Crippen LogP contribution in [0.2, 0.25) is 0 Å². The summed E-state index contributed by atoms with van der Waals surface area (Å²) >= 11 is 0. The van der Waals surface area contributed by atoms with Crippen molar-refractivity contribution in [2.24, 2.45) is 7.05 Å². The van der Waals surface area contributed by atoms with E-state index in [1.807, 2.05) is 74.8 Å². The normalized spacial score (nSPS) is 23.1. The van der Waals surface area contributed by atoms with Gasteiger partial charge in [0.15, 0.2) is 0 Å². The van der Waals surface area contributed by atoms with Gasteiger partial charge < -0.3 is 18.4 Å². The van der Waals surface area contributed by atoms with Gasteiger partial charge in [-0.15, -0.1) is 0 Å². The van der Waals surface area contributed by atoms with Crippen LogP contribution in [-0.2, 0) is 16.4 Å². The van der Waals surface area contributed by atoms with Crippen molar-refractivity contribution in [1.82, 2.24) is 14.3 Å². The molecule has 0 atom stereocenters. The van der Waals surface area contributed by atoms with Crippen molar-refractivity contribution in [3.05, 3.63) is 37.2 Å². The molecule has 7 heteroatoms. The van der Waals surface area contributed by atoms with Gasteiger partial charge in [-0.1, -0.05) is 0 Å². The predicted octanol–water partition coefficient (Wildman–Crippen LogP) is 0.945. The van der Waals surface area contributed by atoms with Gasteiger partial charge in [-0.25, -0.2) is 9.67 Å². The maximum absolute atomic E-state index is 6.39. The fraction of sp³-hybridized carbons (Fsp3) is 0.538. The third-order valence-electron chi connectivity index (χ3n) is 4.37. The van der Waals surface area contributed by atoms with E-state index in [9.17, 15) is 0 Å². The zero-order valence-corrected chi connectivity index (χ0v) is 12.6. The van der Waals surface area contributed by atoms with Crippen LogP contribution in [0.15, 0.2) is 37.2 Å². The highest BCUT2D eigenvalue weighted by molar-refractivity contribution is 6.57. The van der Waals surface area contributed by atoms with Crippen LogP contribution in [0.4, 0.5) is 0 Å². The second-order valence-electron chi connectivity index (χ2n) is 6.40. The first-order valence-electron chi connectivity index (χ1n) is 6.84. The number of hydrogen-bond donors (Lipinski definition) is 0. The van der Waals surface area contributed by atoms with Crippen molar-refractivity contribution in [2.75, 3.05) is 0 Å². The summed E-state index contributed by atoms with van der Waals surface area (Å²) in [5.74, 6) is 0. The topological polar surface area (TPSA) is 45.1 Å². The second-order valence-corrected chi connectivity index (χ2v) is 6.40. The van der Waals surface area contributed by atoms with Gasteiger partial charge in [0.05, 0.1) is 13.2 Å². The lowest BCUT2D eigenvalue weighted by Crippen LogP contribution is -2.71. The molecule has 1 aliphatic heterocycles. The summed E-state index contributed by atoms with van der Waals surface area (Å²) in [6.45, 7) is 6.28. The fourth-order valence-electron chi connectivity index (χ4n) is 2.58. The van der Waals surface area contributed by atoms with Gasteiger partial charge in [0.1, 0.15) is 6.20 Å². The number of rotatable bonds is 2. The third-order valence-corrected chi connectivity index (χ3v) is 4.37. The number of hydrogen-bond acceptors (Lipinski definition) is 3. The minimum absolute atomic E-state index is 0.429. The quantitative estimate of drug-likeness (QED) is 0.767. The molecule has 1 fully saturated rings. The summed E-state index contributed by atoms with van der Waals surface area (Å²) in [5.41, 5.74) is -0.858. The maximum Gasteiger partial charge on any atom is 0.585 e. The zero-order chi connectivity index (χ0) is 14.6. The summed E-state index contributed by atoms with van der Waals surface area (Å²) < 4.78 is 18.4. The Balaban J connectivity index is 2.17. The minimum atomic E-state index is -1.90. The molecular weight excluding hydrogens is 255 g/mol. The van der Waals surface area contributed by atoms with Crippen LogP contribution in [0.25, 0.3) is 0 Å². The molecule has 0 unspecified atom stereocenters. The number of nitrogens with zero attached hydrogens (tertiary/aromatic N) is 4. The molecule has 0 amide bonds. The summed E-state index contributed by atoms with van der Waals surface area (Å²) in [5, 5.41) is 4.35. The molecule has 3 heterocycles. The lowest BCUT2D eigenvalue weighted by molar-refractivity contribution is -0.578. The molecule has 2 aromatic heterocycles. The maximum atomic E-state index is 6.39. The summed E-state index contributed by atoms with van der Waals surface area (Å²) in [6, 6.07) is 1.87. The highest BCUT2D eigenvalue weighted by atomic mass is 16.7. The van der Waals surface area contributed by atoms with E-state index < -0.39 is 18.0 Å². The predicted molar refractivity (Wildman–Crippen MR) is 74.7 cm³/mol. The van der Waals surface area contributed by atoms with E-state index in [1.165, 1.54) is 0 Å². The molecule has 0 N–H and O–H groups in total. The van der Waals surface area contributed by atoms with Crippen LogP contribution in [-0.4, -0.2) is 32.3 Å². The van der Waals surface area contributed by atoms with Crippen molar-refractivity contribution in [3.8, 4) is 0 Å². The van der Waals surface area contributed by atoms with Crippen LogP contribution >= 0.6 is 0 Å².